The number of rotatable bonds is 4. The number of hydrogen-bond acceptors (Lipinski definition) is 5. The predicted octanol–water partition coefficient (Wildman–Crippen LogP) is 5.24. The molecule has 0 saturated heterocycles. The van der Waals surface area contributed by atoms with Gasteiger partial charge in [0, 0.05) is 35.1 Å². The van der Waals surface area contributed by atoms with Crippen LogP contribution in [0.1, 0.15) is 12.7 Å². The molecule has 0 aliphatic carbocycles. The number of aryl methyl sites for hydroxylation is 1. The van der Waals surface area contributed by atoms with Crippen molar-refractivity contribution in [3.8, 4) is 11.4 Å². The van der Waals surface area contributed by atoms with Crippen LogP contribution in [0.4, 0.5) is 11.5 Å². The molecule has 4 aromatic rings. The maximum atomic E-state index is 6.11. The molecule has 0 saturated carbocycles. The average Bonchev–Trinajstić information content (AvgIpc) is 3.06. The van der Waals surface area contributed by atoms with E-state index in [2.05, 4.69) is 15.3 Å². The molecule has 0 amide bonds. The lowest BCUT2D eigenvalue weighted by molar-refractivity contribution is 0.547. The number of nitrogens with zero attached hydrogens (tertiary/aromatic N) is 3. The van der Waals surface area contributed by atoms with Crippen LogP contribution in [0.5, 0.6) is 0 Å². The Morgan fingerprint density at radius 2 is 1.92 bits per heavy atom. The van der Waals surface area contributed by atoms with E-state index in [1.54, 1.807) is 12.4 Å². The molecule has 0 spiro atoms. The third kappa shape index (κ3) is 3.19. The van der Waals surface area contributed by atoms with E-state index in [-0.39, 0.29) is 0 Å². The Hall–Kier alpha value is -2.92. The van der Waals surface area contributed by atoms with E-state index < -0.39 is 0 Å². The molecule has 0 aliphatic rings. The van der Waals surface area contributed by atoms with Gasteiger partial charge in [-0.3, -0.25) is 4.98 Å². The smallest absolute Gasteiger partial charge is 0.232 e. The summed E-state index contributed by atoms with van der Waals surface area (Å²) in [5.74, 6) is 2.11. The van der Waals surface area contributed by atoms with E-state index in [1.165, 1.54) is 0 Å². The second kappa shape index (κ2) is 6.53. The number of halogens is 1. The summed E-state index contributed by atoms with van der Waals surface area (Å²) < 4.78 is 5.85. The Kier molecular flexibility index (Phi) is 4.07. The number of pyridine rings is 1. The van der Waals surface area contributed by atoms with Crippen LogP contribution in [0.15, 0.2) is 59.3 Å². The van der Waals surface area contributed by atoms with Crippen LogP contribution < -0.4 is 5.32 Å². The highest BCUT2D eigenvalue weighted by Gasteiger charge is 2.14. The van der Waals surface area contributed by atoms with E-state index >= 15 is 0 Å². The number of benzene rings is 1. The van der Waals surface area contributed by atoms with Gasteiger partial charge >= 0.3 is 0 Å². The summed E-state index contributed by atoms with van der Waals surface area (Å²) in [6.07, 6.45) is 4.24. The standard InChI is InChI=1S/C19H15ClN4O/c1-2-15-11-16-18(22-14-6-8-21-9-7-14)23-17(24-19(16)25-15)12-4-3-5-13(20)10-12/h3-11H,2H2,1H3,(H,21,22,23,24). The topological polar surface area (TPSA) is 63.8 Å². The first-order valence-electron chi connectivity index (χ1n) is 7.96. The number of furan rings is 1. The van der Waals surface area contributed by atoms with Crippen LogP contribution in [-0.2, 0) is 6.42 Å². The zero-order valence-electron chi connectivity index (χ0n) is 13.5. The minimum atomic E-state index is 0.554. The van der Waals surface area contributed by atoms with Gasteiger partial charge in [-0.1, -0.05) is 30.7 Å². The van der Waals surface area contributed by atoms with Crippen LogP contribution >= 0.6 is 11.6 Å². The average molecular weight is 351 g/mol. The fourth-order valence-electron chi connectivity index (χ4n) is 2.57. The third-order valence-corrected chi connectivity index (χ3v) is 4.05. The van der Waals surface area contributed by atoms with Crippen LogP contribution in [-0.4, -0.2) is 15.0 Å². The summed E-state index contributed by atoms with van der Waals surface area (Å²) >= 11 is 6.11. The summed E-state index contributed by atoms with van der Waals surface area (Å²) in [6, 6.07) is 13.2. The lowest BCUT2D eigenvalue weighted by Gasteiger charge is -2.08. The number of fused-ring (bicyclic) bond motifs is 1. The van der Waals surface area contributed by atoms with E-state index in [1.807, 2.05) is 49.4 Å². The molecule has 124 valence electrons. The summed E-state index contributed by atoms with van der Waals surface area (Å²) in [7, 11) is 0. The molecular weight excluding hydrogens is 336 g/mol. The molecule has 0 fully saturated rings. The van der Waals surface area contributed by atoms with Crippen molar-refractivity contribution in [3.63, 3.8) is 0 Å². The Bertz CT molecular complexity index is 1030. The highest BCUT2D eigenvalue weighted by Crippen LogP contribution is 2.30. The SMILES string of the molecule is CCc1cc2c(Nc3ccncc3)nc(-c3cccc(Cl)c3)nc2o1. The molecule has 0 bridgehead atoms. The van der Waals surface area contributed by atoms with Gasteiger partial charge < -0.3 is 9.73 Å². The van der Waals surface area contributed by atoms with Crippen molar-refractivity contribution in [2.75, 3.05) is 5.32 Å². The quantitative estimate of drug-likeness (QED) is 0.545. The van der Waals surface area contributed by atoms with Gasteiger partial charge in [-0.2, -0.15) is 4.98 Å². The van der Waals surface area contributed by atoms with Gasteiger partial charge in [0.2, 0.25) is 5.71 Å². The summed E-state index contributed by atoms with van der Waals surface area (Å²) in [6.45, 7) is 2.04. The van der Waals surface area contributed by atoms with Gasteiger partial charge in [0.15, 0.2) is 5.82 Å². The first-order valence-corrected chi connectivity index (χ1v) is 8.34. The number of nitrogens with one attached hydrogen (secondary N) is 1. The zero-order chi connectivity index (χ0) is 17.2. The highest BCUT2D eigenvalue weighted by atomic mass is 35.5. The minimum absolute atomic E-state index is 0.554. The molecule has 0 aliphatic heterocycles. The van der Waals surface area contributed by atoms with E-state index in [4.69, 9.17) is 21.0 Å². The van der Waals surface area contributed by atoms with E-state index in [0.717, 1.165) is 28.8 Å². The van der Waals surface area contributed by atoms with Gasteiger partial charge in [0.05, 0.1) is 5.39 Å². The minimum Gasteiger partial charge on any atom is -0.443 e. The Labute approximate surface area is 149 Å². The van der Waals surface area contributed by atoms with Gasteiger partial charge in [-0.05, 0) is 30.3 Å². The van der Waals surface area contributed by atoms with Gasteiger partial charge in [0.1, 0.15) is 11.6 Å². The summed E-state index contributed by atoms with van der Waals surface area (Å²) in [5.41, 5.74) is 2.28. The van der Waals surface area contributed by atoms with Gasteiger partial charge in [0.25, 0.3) is 0 Å². The molecular formula is C19H15ClN4O. The maximum Gasteiger partial charge on any atom is 0.232 e. The van der Waals surface area contributed by atoms with E-state index in [0.29, 0.717) is 22.4 Å². The first kappa shape index (κ1) is 15.6. The van der Waals surface area contributed by atoms with Crippen molar-refractivity contribution < 1.29 is 4.42 Å². The molecule has 3 aromatic heterocycles. The molecule has 6 heteroatoms. The molecule has 1 aromatic carbocycles. The monoisotopic (exact) mass is 350 g/mol. The van der Waals surface area contributed by atoms with Crippen molar-refractivity contribution >= 4 is 34.2 Å². The Balaban J connectivity index is 1.87. The molecule has 4 rings (SSSR count). The second-order valence-corrected chi connectivity index (χ2v) is 5.99. The number of anilines is 2. The fraction of sp³-hybridized carbons (Fsp3) is 0.105. The van der Waals surface area contributed by atoms with Crippen LogP contribution in [0, 0.1) is 0 Å². The first-order chi connectivity index (χ1) is 12.2. The second-order valence-electron chi connectivity index (χ2n) is 5.55. The highest BCUT2D eigenvalue weighted by molar-refractivity contribution is 6.30. The van der Waals surface area contributed by atoms with Crippen molar-refractivity contribution in [3.05, 3.63) is 65.6 Å². The fourth-order valence-corrected chi connectivity index (χ4v) is 2.76. The van der Waals surface area contributed by atoms with E-state index in [9.17, 15) is 0 Å². The predicted molar refractivity (Wildman–Crippen MR) is 99.1 cm³/mol. The van der Waals surface area contributed by atoms with Crippen molar-refractivity contribution in [1.29, 1.82) is 0 Å². The van der Waals surface area contributed by atoms with Gasteiger partial charge in [-0.15, -0.1) is 0 Å². The molecule has 25 heavy (non-hydrogen) atoms. The van der Waals surface area contributed by atoms with Gasteiger partial charge in [-0.25, -0.2) is 4.98 Å². The van der Waals surface area contributed by atoms with Crippen molar-refractivity contribution in [2.24, 2.45) is 0 Å². The normalized spacial score (nSPS) is 11.0. The number of aromatic nitrogens is 3. The zero-order valence-corrected chi connectivity index (χ0v) is 14.3. The molecule has 1 N–H and O–H groups in total. The largest absolute Gasteiger partial charge is 0.443 e. The van der Waals surface area contributed by atoms with Crippen LogP contribution in [0.2, 0.25) is 5.02 Å². The van der Waals surface area contributed by atoms with Crippen LogP contribution in [0.3, 0.4) is 0 Å². The lowest BCUT2D eigenvalue weighted by Crippen LogP contribution is -1.98. The number of hydrogen-bond donors (Lipinski definition) is 1. The molecule has 0 atom stereocenters. The third-order valence-electron chi connectivity index (χ3n) is 3.82. The molecule has 0 unspecified atom stereocenters. The molecule has 3 heterocycles. The Morgan fingerprint density at radius 3 is 2.68 bits per heavy atom. The summed E-state index contributed by atoms with van der Waals surface area (Å²) in [5, 5.41) is 4.81. The van der Waals surface area contributed by atoms with Crippen molar-refractivity contribution in [2.45, 2.75) is 13.3 Å². The molecule has 0 radical (unpaired) electrons. The summed E-state index contributed by atoms with van der Waals surface area (Å²) in [4.78, 5) is 13.3. The Morgan fingerprint density at radius 1 is 1.08 bits per heavy atom. The van der Waals surface area contributed by atoms with Crippen LogP contribution in [0.25, 0.3) is 22.5 Å². The maximum absolute atomic E-state index is 6.11. The van der Waals surface area contributed by atoms with Crippen molar-refractivity contribution in [1.82, 2.24) is 15.0 Å². The molecule has 5 nitrogen and oxygen atoms in total. The lowest BCUT2D eigenvalue weighted by atomic mass is 10.2.